The van der Waals surface area contributed by atoms with E-state index in [4.69, 9.17) is 22.4 Å². The highest BCUT2D eigenvalue weighted by molar-refractivity contribution is 7.98. The lowest BCUT2D eigenvalue weighted by molar-refractivity contribution is 0.0697. The van der Waals surface area contributed by atoms with Crippen LogP contribution in [0.2, 0.25) is 5.02 Å². The molecule has 4 nitrogen and oxygen atoms in total. The van der Waals surface area contributed by atoms with Gasteiger partial charge in [0.1, 0.15) is 5.03 Å². The molecule has 0 spiro atoms. The van der Waals surface area contributed by atoms with Gasteiger partial charge in [-0.3, -0.25) is 0 Å². The molecule has 19 heavy (non-hydrogen) atoms. The average molecular weight is 295 g/mol. The molecular formula is C13H11ClN2O2S. The van der Waals surface area contributed by atoms with Crippen molar-refractivity contribution >= 4 is 35.0 Å². The van der Waals surface area contributed by atoms with Gasteiger partial charge in [-0.2, -0.15) is 0 Å². The van der Waals surface area contributed by atoms with Gasteiger partial charge in [0.2, 0.25) is 0 Å². The number of hydrogen-bond donors (Lipinski definition) is 2. The molecular weight excluding hydrogens is 284 g/mol. The van der Waals surface area contributed by atoms with Crippen LogP contribution in [0.15, 0.2) is 41.6 Å². The number of hydrogen-bond acceptors (Lipinski definition) is 4. The molecule has 0 aliphatic rings. The largest absolute Gasteiger partial charge is 0.478 e. The maximum atomic E-state index is 11.0. The van der Waals surface area contributed by atoms with Gasteiger partial charge in [0.15, 0.2) is 0 Å². The topological polar surface area (TPSA) is 76.2 Å². The number of aromatic carboxylic acids is 1. The summed E-state index contributed by atoms with van der Waals surface area (Å²) < 4.78 is 0. The molecule has 1 heterocycles. The van der Waals surface area contributed by atoms with Gasteiger partial charge in [0.05, 0.1) is 11.3 Å². The second-order valence-electron chi connectivity index (χ2n) is 3.76. The summed E-state index contributed by atoms with van der Waals surface area (Å²) in [5.74, 6) is -0.473. The third kappa shape index (κ3) is 3.19. The number of pyridine rings is 1. The Bertz CT molecular complexity index is 619. The highest BCUT2D eigenvalue weighted by atomic mass is 35.5. The summed E-state index contributed by atoms with van der Waals surface area (Å²) in [6.07, 6.45) is 1.44. The second-order valence-corrected chi connectivity index (χ2v) is 5.13. The average Bonchev–Trinajstić information content (AvgIpc) is 2.39. The Labute approximate surface area is 119 Å². The lowest BCUT2D eigenvalue weighted by atomic mass is 10.2. The van der Waals surface area contributed by atoms with Crippen molar-refractivity contribution in [2.45, 2.75) is 10.8 Å². The standard InChI is InChI=1S/C13H11ClN2O2S/c14-10-4-2-1-3-8(10)7-19-12-11(15)9(13(17)18)5-6-16-12/h1-6H,7,15H2,(H,17,18). The van der Waals surface area contributed by atoms with Gasteiger partial charge in [-0.25, -0.2) is 9.78 Å². The molecule has 0 saturated carbocycles. The lowest BCUT2D eigenvalue weighted by Gasteiger charge is -2.07. The molecule has 2 aromatic rings. The Kier molecular flexibility index (Phi) is 4.29. The molecule has 98 valence electrons. The monoisotopic (exact) mass is 294 g/mol. The molecule has 1 aromatic carbocycles. The fourth-order valence-electron chi connectivity index (χ4n) is 1.52. The van der Waals surface area contributed by atoms with Gasteiger partial charge >= 0.3 is 5.97 Å². The van der Waals surface area contributed by atoms with Gasteiger partial charge in [0.25, 0.3) is 0 Å². The number of aromatic nitrogens is 1. The molecule has 0 atom stereocenters. The van der Waals surface area contributed by atoms with Crippen LogP contribution in [0.4, 0.5) is 5.69 Å². The zero-order valence-corrected chi connectivity index (χ0v) is 11.4. The van der Waals surface area contributed by atoms with Gasteiger partial charge in [-0.1, -0.05) is 41.6 Å². The molecule has 3 N–H and O–H groups in total. The van der Waals surface area contributed by atoms with Crippen molar-refractivity contribution in [2.24, 2.45) is 0 Å². The van der Waals surface area contributed by atoms with Gasteiger partial charge < -0.3 is 10.8 Å². The Morgan fingerprint density at radius 1 is 1.37 bits per heavy atom. The normalized spacial score (nSPS) is 10.4. The van der Waals surface area contributed by atoms with Crippen molar-refractivity contribution in [1.82, 2.24) is 4.98 Å². The highest BCUT2D eigenvalue weighted by Gasteiger charge is 2.13. The van der Waals surface area contributed by atoms with E-state index in [2.05, 4.69) is 4.98 Å². The Hall–Kier alpha value is -1.72. The Balaban J connectivity index is 2.19. The number of nitrogens with two attached hydrogens (primary N) is 1. The zero-order chi connectivity index (χ0) is 13.8. The van der Waals surface area contributed by atoms with E-state index in [0.717, 1.165) is 5.56 Å². The molecule has 0 unspecified atom stereocenters. The van der Waals surface area contributed by atoms with Crippen molar-refractivity contribution < 1.29 is 9.90 Å². The fraction of sp³-hybridized carbons (Fsp3) is 0.0769. The number of nitrogen functional groups attached to an aromatic ring is 1. The number of benzene rings is 1. The first kappa shape index (κ1) is 13.7. The van der Waals surface area contributed by atoms with E-state index in [0.29, 0.717) is 15.8 Å². The van der Waals surface area contributed by atoms with E-state index >= 15 is 0 Å². The quantitative estimate of drug-likeness (QED) is 0.846. The summed E-state index contributed by atoms with van der Waals surface area (Å²) in [6, 6.07) is 8.85. The third-order valence-corrected chi connectivity index (χ3v) is 3.93. The highest BCUT2D eigenvalue weighted by Crippen LogP contribution is 2.30. The van der Waals surface area contributed by atoms with Gasteiger partial charge in [-0.05, 0) is 17.7 Å². The molecule has 1 aromatic heterocycles. The number of carbonyl (C=O) groups is 1. The van der Waals surface area contributed by atoms with Crippen LogP contribution in [0.3, 0.4) is 0 Å². The first-order chi connectivity index (χ1) is 9.09. The fourth-order valence-corrected chi connectivity index (χ4v) is 2.74. The van der Waals surface area contributed by atoms with Crippen LogP contribution in [-0.2, 0) is 5.75 Å². The minimum absolute atomic E-state index is 0.0664. The minimum atomic E-state index is -1.06. The predicted molar refractivity (Wildman–Crippen MR) is 76.6 cm³/mol. The van der Waals surface area contributed by atoms with Crippen LogP contribution >= 0.6 is 23.4 Å². The van der Waals surface area contributed by atoms with Crippen molar-refractivity contribution in [3.05, 3.63) is 52.7 Å². The summed E-state index contributed by atoms with van der Waals surface area (Å²) in [5.41, 5.74) is 7.00. The van der Waals surface area contributed by atoms with E-state index in [1.165, 1.54) is 24.0 Å². The number of nitrogens with zero attached hydrogens (tertiary/aromatic N) is 1. The van der Waals surface area contributed by atoms with Crippen LogP contribution in [-0.4, -0.2) is 16.1 Å². The van der Waals surface area contributed by atoms with Crippen molar-refractivity contribution in [2.75, 3.05) is 5.73 Å². The maximum Gasteiger partial charge on any atom is 0.337 e. The molecule has 0 radical (unpaired) electrons. The first-order valence-electron chi connectivity index (χ1n) is 5.43. The second kappa shape index (κ2) is 5.95. The lowest BCUT2D eigenvalue weighted by Crippen LogP contribution is -2.04. The van der Waals surface area contributed by atoms with Crippen LogP contribution in [0, 0.1) is 0 Å². The SMILES string of the molecule is Nc1c(C(=O)O)ccnc1SCc1ccccc1Cl. The van der Waals surface area contributed by atoms with Crippen LogP contribution in [0.25, 0.3) is 0 Å². The summed E-state index contributed by atoms with van der Waals surface area (Å²) in [5, 5.41) is 10.2. The minimum Gasteiger partial charge on any atom is -0.478 e. The molecule has 0 aliphatic carbocycles. The molecule has 0 bridgehead atoms. The summed E-state index contributed by atoms with van der Waals surface area (Å²) in [7, 11) is 0. The van der Waals surface area contributed by atoms with E-state index in [9.17, 15) is 4.79 Å². The number of thioether (sulfide) groups is 1. The maximum absolute atomic E-state index is 11.0. The van der Waals surface area contributed by atoms with Crippen LogP contribution < -0.4 is 5.73 Å². The Morgan fingerprint density at radius 2 is 2.11 bits per heavy atom. The van der Waals surface area contributed by atoms with Gasteiger partial charge in [-0.15, -0.1) is 0 Å². The molecule has 0 fully saturated rings. The number of carboxylic acid groups (broad SMARTS) is 1. The summed E-state index contributed by atoms with van der Waals surface area (Å²) in [6.45, 7) is 0. The van der Waals surface area contributed by atoms with Crippen molar-refractivity contribution in [1.29, 1.82) is 0 Å². The summed E-state index contributed by atoms with van der Waals surface area (Å²) >= 11 is 7.41. The van der Waals surface area contributed by atoms with Crippen LogP contribution in [0.5, 0.6) is 0 Å². The Morgan fingerprint density at radius 3 is 2.79 bits per heavy atom. The number of halogens is 1. The molecule has 0 saturated heterocycles. The summed E-state index contributed by atoms with van der Waals surface area (Å²) in [4.78, 5) is 15.1. The predicted octanol–water partition coefficient (Wildman–Crippen LogP) is 3.31. The smallest absolute Gasteiger partial charge is 0.337 e. The molecule has 0 aliphatic heterocycles. The third-order valence-electron chi connectivity index (χ3n) is 2.51. The molecule has 2 rings (SSSR count). The van der Waals surface area contributed by atoms with Crippen LogP contribution in [0.1, 0.15) is 15.9 Å². The van der Waals surface area contributed by atoms with Gasteiger partial charge in [0, 0.05) is 17.0 Å². The molecule has 0 amide bonds. The van der Waals surface area contributed by atoms with E-state index in [1.807, 2.05) is 24.3 Å². The van der Waals surface area contributed by atoms with E-state index < -0.39 is 5.97 Å². The van der Waals surface area contributed by atoms with Crippen molar-refractivity contribution in [3.8, 4) is 0 Å². The van der Waals surface area contributed by atoms with E-state index in [1.54, 1.807) is 0 Å². The first-order valence-corrected chi connectivity index (χ1v) is 6.80. The van der Waals surface area contributed by atoms with Crippen molar-refractivity contribution in [3.63, 3.8) is 0 Å². The van der Waals surface area contributed by atoms with E-state index in [-0.39, 0.29) is 11.3 Å². The molecule has 6 heteroatoms. The zero-order valence-electron chi connectivity index (χ0n) is 9.84. The number of rotatable bonds is 4. The number of carboxylic acids is 1. The number of anilines is 1.